The largest absolute Gasteiger partial charge is 0.352 e. The lowest BCUT2D eigenvalue weighted by Crippen LogP contribution is -2.36. The maximum Gasteiger partial charge on any atom is 0.191 e. The monoisotopic (exact) mass is 289 g/mol. The molecule has 0 aliphatic heterocycles. The van der Waals surface area contributed by atoms with E-state index in [9.17, 15) is 4.39 Å². The minimum Gasteiger partial charge on any atom is -0.352 e. The van der Waals surface area contributed by atoms with E-state index in [2.05, 4.69) is 20.7 Å². The first-order valence-electron chi connectivity index (χ1n) is 6.75. The highest BCUT2D eigenvalue weighted by Crippen LogP contribution is 2.08. The van der Waals surface area contributed by atoms with Crippen molar-refractivity contribution in [3.63, 3.8) is 0 Å². The number of guanidine groups is 1. The fourth-order valence-corrected chi connectivity index (χ4v) is 1.97. The molecule has 0 radical (unpaired) electrons. The Hall–Kier alpha value is -2.37. The average Bonchev–Trinajstić information content (AvgIpc) is 2.88. The van der Waals surface area contributed by atoms with E-state index < -0.39 is 0 Å². The molecule has 0 atom stereocenters. The number of aromatic nitrogens is 2. The van der Waals surface area contributed by atoms with Crippen LogP contribution in [0.4, 0.5) is 4.39 Å². The van der Waals surface area contributed by atoms with Crippen molar-refractivity contribution in [2.24, 2.45) is 12.0 Å². The average molecular weight is 289 g/mol. The van der Waals surface area contributed by atoms with Crippen molar-refractivity contribution < 1.29 is 4.39 Å². The molecule has 1 aromatic carbocycles. The first kappa shape index (κ1) is 15.0. The molecule has 112 valence electrons. The summed E-state index contributed by atoms with van der Waals surface area (Å²) in [6.45, 7) is 3.00. The fourth-order valence-electron chi connectivity index (χ4n) is 1.97. The highest BCUT2D eigenvalue weighted by atomic mass is 19.1. The SMILES string of the molecule is CN=C(NCc1ccc(F)c(C)c1)NCc1cnn(C)c1. The van der Waals surface area contributed by atoms with E-state index >= 15 is 0 Å². The van der Waals surface area contributed by atoms with Gasteiger partial charge in [0.15, 0.2) is 5.96 Å². The summed E-state index contributed by atoms with van der Waals surface area (Å²) in [5.74, 6) is 0.513. The molecule has 0 aliphatic rings. The molecule has 1 heterocycles. The van der Waals surface area contributed by atoms with E-state index in [-0.39, 0.29) is 5.82 Å². The molecular weight excluding hydrogens is 269 g/mol. The lowest BCUT2D eigenvalue weighted by atomic mass is 10.1. The number of nitrogens with zero attached hydrogens (tertiary/aromatic N) is 3. The molecule has 0 fully saturated rings. The van der Waals surface area contributed by atoms with Crippen LogP contribution in [0.1, 0.15) is 16.7 Å². The smallest absolute Gasteiger partial charge is 0.191 e. The topological polar surface area (TPSA) is 54.2 Å². The molecule has 0 amide bonds. The summed E-state index contributed by atoms with van der Waals surface area (Å²) in [6, 6.07) is 5.08. The zero-order valence-electron chi connectivity index (χ0n) is 12.5. The molecule has 21 heavy (non-hydrogen) atoms. The summed E-state index contributed by atoms with van der Waals surface area (Å²) >= 11 is 0. The van der Waals surface area contributed by atoms with Gasteiger partial charge in [0.1, 0.15) is 5.82 Å². The van der Waals surface area contributed by atoms with Gasteiger partial charge in [0.2, 0.25) is 0 Å². The van der Waals surface area contributed by atoms with Crippen LogP contribution in [0, 0.1) is 12.7 Å². The van der Waals surface area contributed by atoms with Gasteiger partial charge in [-0.05, 0) is 24.1 Å². The molecule has 2 N–H and O–H groups in total. The lowest BCUT2D eigenvalue weighted by molar-refractivity contribution is 0.617. The molecule has 0 saturated heterocycles. The third-order valence-electron chi connectivity index (χ3n) is 3.12. The van der Waals surface area contributed by atoms with Crippen LogP contribution in [-0.4, -0.2) is 22.8 Å². The number of halogens is 1. The number of nitrogens with one attached hydrogen (secondary N) is 2. The molecule has 0 saturated carbocycles. The number of benzene rings is 1. The standard InChI is InChI=1S/C15H20FN5/c1-11-6-12(4-5-14(11)16)7-18-15(17-2)19-8-13-9-20-21(3)10-13/h4-6,9-10H,7-8H2,1-3H3,(H2,17,18,19). The van der Waals surface area contributed by atoms with E-state index in [0.29, 0.717) is 24.6 Å². The van der Waals surface area contributed by atoms with Crippen molar-refractivity contribution in [1.82, 2.24) is 20.4 Å². The van der Waals surface area contributed by atoms with Crippen molar-refractivity contribution in [3.8, 4) is 0 Å². The highest BCUT2D eigenvalue weighted by molar-refractivity contribution is 5.79. The van der Waals surface area contributed by atoms with Crippen molar-refractivity contribution in [3.05, 3.63) is 53.1 Å². The van der Waals surface area contributed by atoms with Gasteiger partial charge in [-0.2, -0.15) is 5.10 Å². The van der Waals surface area contributed by atoms with Gasteiger partial charge in [-0.3, -0.25) is 9.67 Å². The van der Waals surface area contributed by atoms with Gasteiger partial charge in [0.25, 0.3) is 0 Å². The van der Waals surface area contributed by atoms with Gasteiger partial charge < -0.3 is 10.6 Å². The molecule has 0 unspecified atom stereocenters. The summed E-state index contributed by atoms with van der Waals surface area (Å²) in [4.78, 5) is 4.16. The molecule has 2 rings (SSSR count). The molecule has 0 aliphatic carbocycles. The predicted molar refractivity (Wildman–Crippen MR) is 81.4 cm³/mol. The van der Waals surface area contributed by atoms with Crippen LogP contribution in [0.3, 0.4) is 0 Å². The zero-order chi connectivity index (χ0) is 15.2. The molecule has 1 aromatic heterocycles. The summed E-state index contributed by atoms with van der Waals surface area (Å²) in [5, 5.41) is 10.5. The Bertz CT molecular complexity index is 633. The number of hydrogen-bond donors (Lipinski definition) is 2. The summed E-state index contributed by atoms with van der Waals surface area (Å²) in [5.41, 5.74) is 2.74. The molecular formula is C15H20FN5. The third kappa shape index (κ3) is 4.30. The Morgan fingerprint density at radius 2 is 2.00 bits per heavy atom. The minimum atomic E-state index is -0.183. The summed E-state index contributed by atoms with van der Waals surface area (Å²) in [6.07, 6.45) is 3.76. The Balaban J connectivity index is 1.86. The van der Waals surface area contributed by atoms with Crippen LogP contribution in [0.15, 0.2) is 35.6 Å². The van der Waals surface area contributed by atoms with Crippen LogP contribution < -0.4 is 10.6 Å². The molecule has 5 nitrogen and oxygen atoms in total. The second-order valence-electron chi connectivity index (χ2n) is 4.89. The number of rotatable bonds is 4. The van der Waals surface area contributed by atoms with Crippen LogP contribution in [0.2, 0.25) is 0 Å². The fraction of sp³-hybridized carbons (Fsp3) is 0.333. The second kappa shape index (κ2) is 6.88. The number of aryl methyl sites for hydroxylation is 2. The van der Waals surface area contributed by atoms with Gasteiger partial charge in [-0.15, -0.1) is 0 Å². The second-order valence-corrected chi connectivity index (χ2v) is 4.89. The van der Waals surface area contributed by atoms with E-state index in [1.54, 1.807) is 24.7 Å². The minimum absolute atomic E-state index is 0.183. The van der Waals surface area contributed by atoms with Gasteiger partial charge in [0, 0.05) is 38.9 Å². The number of hydrogen-bond acceptors (Lipinski definition) is 2. The lowest BCUT2D eigenvalue weighted by Gasteiger charge is -2.11. The Morgan fingerprint density at radius 1 is 1.29 bits per heavy atom. The van der Waals surface area contributed by atoms with Crippen molar-refractivity contribution >= 4 is 5.96 Å². The van der Waals surface area contributed by atoms with Crippen molar-refractivity contribution in [1.29, 1.82) is 0 Å². The van der Waals surface area contributed by atoms with Gasteiger partial charge >= 0.3 is 0 Å². The molecule has 2 aromatic rings. The van der Waals surface area contributed by atoms with E-state index in [1.165, 1.54) is 6.07 Å². The molecule has 0 spiro atoms. The summed E-state index contributed by atoms with van der Waals surface area (Å²) in [7, 11) is 3.60. The predicted octanol–water partition coefficient (Wildman–Crippen LogP) is 1.73. The Morgan fingerprint density at radius 3 is 2.57 bits per heavy atom. The van der Waals surface area contributed by atoms with E-state index in [0.717, 1.165) is 11.1 Å². The Kier molecular flexibility index (Phi) is 4.92. The van der Waals surface area contributed by atoms with Crippen molar-refractivity contribution in [2.75, 3.05) is 7.05 Å². The van der Waals surface area contributed by atoms with E-state index in [4.69, 9.17) is 0 Å². The number of aliphatic imine (C=N–C) groups is 1. The van der Waals surface area contributed by atoms with Crippen LogP contribution in [0.25, 0.3) is 0 Å². The Labute approximate surface area is 123 Å². The molecule has 6 heteroatoms. The zero-order valence-corrected chi connectivity index (χ0v) is 12.5. The van der Waals surface area contributed by atoms with Gasteiger partial charge in [-0.1, -0.05) is 12.1 Å². The normalized spacial score (nSPS) is 11.5. The first-order chi connectivity index (χ1) is 10.1. The first-order valence-corrected chi connectivity index (χ1v) is 6.75. The van der Waals surface area contributed by atoms with Crippen molar-refractivity contribution in [2.45, 2.75) is 20.0 Å². The van der Waals surface area contributed by atoms with Gasteiger partial charge in [-0.25, -0.2) is 4.39 Å². The maximum atomic E-state index is 13.2. The van der Waals surface area contributed by atoms with Crippen LogP contribution >= 0.6 is 0 Å². The van der Waals surface area contributed by atoms with Crippen LogP contribution in [-0.2, 0) is 20.1 Å². The van der Waals surface area contributed by atoms with Gasteiger partial charge in [0.05, 0.1) is 6.20 Å². The quantitative estimate of drug-likeness (QED) is 0.666. The van der Waals surface area contributed by atoms with E-state index in [1.807, 2.05) is 25.5 Å². The molecule has 0 bridgehead atoms. The highest BCUT2D eigenvalue weighted by Gasteiger charge is 2.02. The van der Waals surface area contributed by atoms with Crippen LogP contribution in [0.5, 0.6) is 0 Å². The summed E-state index contributed by atoms with van der Waals surface area (Å²) < 4.78 is 15.0. The third-order valence-corrected chi connectivity index (χ3v) is 3.12. The maximum absolute atomic E-state index is 13.2.